The summed E-state index contributed by atoms with van der Waals surface area (Å²) in [5.41, 5.74) is -0.437. The molecular weight excluding hydrogens is 255 g/mol. The second-order valence-electron chi connectivity index (χ2n) is 4.47. The van der Waals surface area contributed by atoms with Crippen LogP contribution in [0.3, 0.4) is 0 Å². The Bertz CT molecular complexity index is 603. The molecule has 1 N–H and O–H groups in total. The number of halogens is 1. The van der Waals surface area contributed by atoms with Gasteiger partial charge < -0.3 is 0 Å². The van der Waals surface area contributed by atoms with Crippen molar-refractivity contribution < 1.29 is 12.8 Å². The van der Waals surface area contributed by atoms with Gasteiger partial charge in [-0.1, -0.05) is 6.07 Å². The third-order valence-electron chi connectivity index (χ3n) is 3.05. The van der Waals surface area contributed by atoms with Gasteiger partial charge in [0.1, 0.15) is 22.3 Å². The van der Waals surface area contributed by atoms with Gasteiger partial charge in [-0.25, -0.2) is 17.5 Å². The number of benzene rings is 1. The lowest BCUT2D eigenvalue weighted by atomic mass is 10.2. The fourth-order valence-corrected chi connectivity index (χ4v) is 3.32. The first-order valence-electron chi connectivity index (χ1n) is 5.66. The molecule has 1 aliphatic rings. The van der Waals surface area contributed by atoms with Gasteiger partial charge in [0, 0.05) is 6.04 Å². The summed E-state index contributed by atoms with van der Waals surface area (Å²) in [6.07, 6.45) is 2.00. The lowest BCUT2D eigenvalue weighted by Crippen LogP contribution is -2.34. The van der Waals surface area contributed by atoms with Crippen molar-refractivity contribution in [2.75, 3.05) is 0 Å². The average molecular weight is 268 g/mol. The highest BCUT2D eigenvalue weighted by atomic mass is 32.2. The van der Waals surface area contributed by atoms with E-state index in [1.165, 1.54) is 12.1 Å². The monoisotopic (exact) mass is 268 g/mol. The van der Waals surface area contributed by atoms with E-state index in [1.54, 1.807) is 13.0 Å². The molecule has 0 radical (unpaired) electrons. The molecule has 6 heteroatoms. The van der Waals surface area contributed by atoms with Gasteiger partial charge in [-0.15, -0.1) is 0 Å². The predicted octanol–water partition coefficient (Wildman–Crippen LogP) is 1.77. The zero-order valence-electron chi connectivity index (χ0n) is 9.85. The van der Waals surface area contributed by atoms with Crippen LogP contribution in [0.5, 0.6) is 0 Å². The molecule has 1 fully saturated rings. The van der Waals surface area contributed by atoms with Crippen LogP contribution in [0, 0.1) is 23.1 Å². The Morgan fingerprint density at radius 3 is 2.72 bits per heavy atom. The highest BCUT2D eigenvalue weighted by Crippen LogP contribution is 2.33. The number of nitrogens with zero attached hydrogens (tertiary/aromatic N) is 1. The van der Waals surface area contributed by atoms with E-state index in [-0.39, 0.29) is 10.9 Å². The average Bonchev–Trinajstić information content (AvgIpc) is 3.11. The highest BCUT2D eigenvalue weighted by molar-refractivity contribution is 7.89. The lowest BCUT2D eigenvalue weighted by molar-refractivity contribution is 0.536. The molecule has 1 aromatic carbocycles. The van der Waals surface area contributed by atoms with Crippen molar-refractivity contribution in [1.29, 1.82) is 5.26 Å². The van der Waals surface area contributed by atoms with Crippen LogP contribution < -0.4 is 4.72 Å². The van der Waals surface area contributed by atoms with E-state index in [4.69, 9.17) is 5.26 Å². The molecule has 1 aliphatic carbocycles. The molecule has 0 aromatic heterocycles. The summed E-state index contributed by atoms with van der Waals surface area (Å²) in [6.45, 7) is 1.78. The molecular formula is C12H13FN2O2S. The summed E-state index contributed by atoms with van der Waals surface area (Å²) in [7, 11) is -3.84. The van der Waals surface area contributed by atoms with Crippen LogP contribution in [0.1, 0.15) is 25.3 Å². The van der Waals surface area contributed by atoms with E-state index in [9.17, 15) is 12.8 Å². The molecule has 0 bridgehead atoms. The third-order valence-corrected chi connectivity index (χ3v) is 4.65. The van der Waals surface area contributed by atoms with Crippen LogP contribution in [-0.4, -0.2) is 14.5 Å². The smallest absolute Gasteiger partial charge is 0.208 e. The lowest BCUT2D eigenvalue weighted by Gasteiger charge is -2.14. The van der Waals surface area contributed by atoms with Crippen LogP contribution in [0.2, 0.25) is 0 Å². The fraction of sp³-hybridized carbons (Fsp3) is 0.417. The Morgan fingerprint density at radius 2 is 2.17 bits per heavy atom. The van der Waals surface area contributed by atoms with Crippen molar-refractivity contribution in [3.63, 3.8) is 0 Å². The van der Waals surface area contributed by atoms with Crippen molar-refractivity contribution >= 4 is 10.0 Å². The molecule has 96 valence electrons. The quantitative estimate of drug-likeness (QED) is 0.904. The minimum atomic E-state index is -3.84. The Kier molecular flexibility index (Phi) is 3.37. The first-order valence-corrected chi connectivity index (χ1v) is 7.15. The van der Waals surface area contributed by atoms with Gasteiger partial charge in [0.25, 0.3) is 0 Å². The van der Waals surface area contributed by atoms with E-state index >= 15 is 0 Å². The first-order chi connectivity index (χ1) is 8.45. The minimum Gasteiger partial charge on any atom is -0.208 e. The minimum absolute atomic E-state index is 0.190. The Labute approximate surface area is 105 Å². The van der Waals surface area contributed by atoms with Gasteiger partial charge in [0.05, 0.1) is 0 Å². The summed E-state index contributed by atoms with van der Waals surface area (Å²) in [6, 6.07) is 5.00. The van der Waals surface area contributed by atoms with E-state index in [1.807, 2.05) is 0 Å². The first kappa shape index (κ1) is 13.0. The molecule has 2 rings (SSSR count). The molecule has 0 heterocycles. The van der Waals surface area contributed by atoms with Crippen molar-refractivity contribution in [3.05, 3.63) is 29.6 Å². The van der Waals surface area contributed by atoms with Crippen LogP contribution in [-0.2, 0) is 10.0 Å². The molecule has 0 aliphatic heterocycles. The summed E-state index contributed by atoms with van der Waals surface area (Å²) in [5, 5.41) is 8.84. The van der Waals surface area contributed by atoms with Crippen molar-refractivity contribution in [2.45, 2.75) is 30.7 Å². The highest BCUT2D eigenvalue weighted by Gasteiger charge is 2.32. The van der Waals surface area contributed by atoms with E-state index in [0.29, 0.717) is 5.92 Å². The summed E-state index contributed by atoms with van der Waals surface area (Å²) in [4.78, 5) is -0.294. The maximum Gasteiger partial charge on any atom is 0.242 e. The zero-order valence-corrected chi connectivity index (χ0v) is 10.7. The summed E-state index contributed by atoms with van der Waals surface area (Å²) < 4.78 is 40.0. The Balaban J connectivity index is 2.35. The van der Waals surface area contributed by atoms with E-state index in [0.717, 1.165) is 18.9 Å². The summed E-state index contributed by atoms with van der Waals surface area (Å²) >= 11 is 0. The molecule has 4 nitrogen and oxygen atoms in total. The molecule has 0 spiro atoms. The SMILES string of the molecule is CC(NS(=O)(=O)c1cccc(F)c1C#N)C1CC1. The molecule has 1 aromatic rings. The molecule has 1 saturated carbocycles. The Hall–Kier alpha value is -1.45. The predicted molar refractivity (Wildman–Crippen MR) is 63.6 cm³/mol. The maximum atomic E-state index is 13.4. The molecule has 1 atom stereocenters. The fourth-order valence-electron chi connectivity index (χ4n) is 1.84. The van der Waals surface area contributed by atoms with Crippen molar-refractivity contribution in [1.82, 2.24) is 4.72 Å². The van der Waals surface area contributed by atoms with E-state index < -0.39 is 21.4 Å². The van der Waals surface area contributed by atoms with Gasteiger partial charge in [0.15, 0.2) is 0 Å². The number of nitriles is 1. The van der Waals surface area contributed by atoms with E-state index in [2.05, 4.69) is 4.72 Å². The maximum absolute atomic E-state index is 13.4. The van der Waals surface area contributed by atoms with Gasteiger partial charge in [-0.3, -0.25) is 0 Å². The largest absolute Gasteiger partial charge is 0.242 e. The second kappa shape index (κ2) is 4.67. The molecule has 18 heavy (non-hydrogen) atoms. The number of hydrogen-bond donors (Lipinski definition) is 1. The normalized spacial score (nSPS) is 17.2. The van der Waals surface area contributed by atoms with Gasteiger partial charge >= 0.3 is 0 Å². The van der Waals surface area contributed by atoms with Gasteiger partial charge in [-0.2, -0.15) is 5.26 Å². The van der Waals surface area contributed by atoms with Crippen LogP contribution in [0.15, 0.2) is 23.1 Å². The number of rotatable bonds is 4. The van der Waals surface area contributed by atoms with Crippen LogP contribution >= 0.6 is 0 Å². The topological polar surface area (TPSA) is 70.0 Å². The standard InChI is InChI=1S/C12H13FN2O2S/c1-8(9-5-6-9)15-18(16,17)12-4-2-3-11(13)10(12)7-14/h2-4,8-9,15H,5-6H2,1H3. The summed E-state index contributed by atoms with van der Waals surface area (Å²) in [5.74, 6) is -0.474. The number of hydrogen-bond acceptors (Lipinski definition) is 3. The molecule has 0 saturated heterocycles. The van der Waals surface area contributed by atoms with Crippen molar-refractivity contribution in [2.24, 2.45) is 5.92 Å². The van der Waals surface area contributed by atoms with Crippen molar-refractivity contribution in [3.8, 4) is 6.07 Å². The zero-order chi connectivity index (χ0) is 13.3. The molecule has 1 unspecified atom stereocenters. The third kappa shape index (κ3) is 2.52. The number of nitrogens with one attached hydrogen (secondary N) is 1. The van der Waals surface area contributed by atoms with Gasteiger partial charge in [-0.05, 0) is 37.8 Å². The number of sulfonamides is 1. The van der Waals surface area contributed by atoms with Crippen LogP contribution in [0.4, 0.5) is 4.39 Å². The second-order valence-corrected chi connectivity index (χ2v) is 6.15. The van der Waals surface area contributed by atoms with Gasteiger partial charge in [0.2, 0.25) is 10.0 Å². The molecule has 0 amide bonds. The van der Waals surface area contributed by atoms with Crippen LogP contribution in [0.25, 0.3) is 0 Å². The Morgan fingerprint density at radius 1 is 1.50 bits per heavy atom.